The number of hydrogen-bond acceptors (Lipinski definition) is 4. The Morgan fingerprint density at radius 3 is 2.90 bits per heavy atom. The van der Waals surface area contributed by atoms with Crippen molar-refractivity contribution in [1.29, 1.82) is 0 Å². The molecule has 1 atom stereocenters. The monoisotopic (exact) mass is 401 g/mol. The van der Waals surface area contributed by atoms with Crippen molar-refractivity contribution in [3.05, 3.63) is 37.4 Å². The predicted molar refractivity (Wildman–Crippen MR) is 86.3 cm³/mol. The zero-order chi connectivity index (χ0) is 15.0. The molecule has 0 radical (unpaired) electrons. The van der Waals surface area contributed by atoms with E-state index < -0.39 is 4.92 Å². The molecule has 0 saturated carbocycles. The van der Waals surface area contributed by atoms with Gasteiger partial charge >= 0.3 is 0 Å². The molecule has 112 valence electrons. The maximum atomic E-state index is 12.7. The predicted octanol–water partition coefficient (Wildman–Crippen LogP) is 2.12. The third-order valence-corrected chi connectivity index (χ3v) is 5.21. The summed E-state index contributed by atoms with van der Waals surface area (Å²) in [6.07, 6.45) is 2.33. The molecule has 1 aromatic carbocycles. The molecule has 2 heterocycles. The lowest BCUT2D eigenvalue weighted by atomic mass is 10.1. The zero-order valence-corrected chi connectivity index (χ0v) is 13.7. The van der Waals surface area contributed by atoms with Crippen LogP contribution < -0.4 is 0 Å². The summed E-state index contributed by atoms with van der Waals surface area (Å²) in [5.41, 5.74) is 0.412. The molecule has 2 fully saturated rings. The number of piperazine rings is 1. The third kappa shape index (κ3) is 2.89. The first-order valence-electron chi connectivity index (χ1n) is 7.03. The zero-order valence-electron chi connectivity index (χ0n) is 11.5. The Morgan fingerprint density at radius 1 is 1.33 bits per heavy atom. The molecule has 6 nitrogen and oxygen atoms in total. The van der Waals surface area contributed by atoms with Crippen LogP contribution in [0, 0.1) is 13.7 Å². The molecule has 7 heteroatoms. The Balaban J connectivity index is 1.81. The van der Waals surface area contributed by atoms with Crippen LogP contribution in [0.5, 0.6) is 0 Å². The second kappa shape index (κ2) is 5.88. The van der Waals surface area contributed by atoms with Crippen LogP contribution in [0.1, 0.15) is 23.2 Å². The molecule has 2 saturated heterocycles. The van der Waals surface area contributed by atoms with Crippen molar-refractivity contribution in [2.24, 2.45) is 0 Å². The van der Waals surface area contributed by atoms with Gasteiger partial charge in [0.2, 0.25) is 0 Å². The summed E-state index contributed by atoms with van der Waals surface area (Å²) in [6.45, 7) is 3.47. The second-order valence-corrected chi connectivity index (χ2v) is 6.67. The number of nitro benzene ring substituents is 1. The van der Waals surface area contributed by atoms with Gasteiger partial charge in [-0.05, 0) is 48.0 Å². The molecule has 1 unspecified atom stereocenters. The molecule has 0 spiro atoms. The molecule has 2 aliphatic heterocycles. The summed E-state index contributed by atoms with van der Waals surface area (Å²) in [5, 5.41) is 10.9. The Morgan fingerprint density at radius 2 is 2.14 bits per heavy atom. The van der Waals surface area contributed by atoms with E-state index >= 15 is 0 Å². The first-order chi connectivity index (χ1) is 10.1. The Kier molecular flexibility index (Phi) is 4.12. The standard InChI is InChI=1S/C14H16IN3O3/c15-13-4-3-10(18(20)21)8-12(13)14(19)17-7-6-16-5-1-2-11(16)9-17/h3-4,8,11H,1-2,5-7,9H2. The number of fused-ring (bicyclic) bond motifs is 1. The topological polar surface area (TPSA) is 66.7 Å². The average molecular weight is 401 g/mol. The van der Waals surface area contributed by atoms with Crippen molar-refractivity contribution in [2.75, 3.05) is 26.2 Å². The third-order valence-electron chi connectivity index (χ3n) is 4.27. The number of non-ortho nitro benzene ring substituents is 1. The van der Waals surface area contributed by atoms with Gasteiger partial charge in [0.05, 0.1) is 10.5 Å². The van der Waals surface area contributed by atoms with Crippen LogP contribution in [0.15, 0.2) is 18.2 Å². The SMILES string of the molecule is O=C(c1cc([N+](=O)[O-])ccc1I)N1CCN2CCCC2C1. The van der Waals surface area contributed by atoms with E-state index in [1.807, 2.05) is 4.90 Å². The molecular formula is C14H16IN3O3. The number of halogens is 1. The lowest BCUT2D eigenvalue weighted by Crippen LogP contribution is -2.52. The molecule has 3 rings (SSSR count). The van der Waals surface area contributed by atoms with Crippen molar-refractivity contribution < 1.29 is 9.72 Å². The van der Waals surface area contributed by atoms with Crippen LogP contribution in [0.2, 0.25) is 0 Å². The summed E-state index contributed by atoms with van der Waals surface area (Å²) >= 11 is 2.06. The normalized spacial score (nSPS) is 22.1. The number of nitrogens with zero attached hydrogens (tertiary/aromatic N) is 3. The van der Waals surface area contributed by atoms with Gasteiger partial charge in [-0.1, -0.05) is 0 Å². The fourth-order valence-corrected chi connectivity index (χ4v) is 3.70. The minimum absolute atomic E-state index is 0.0294. The quantitative estimate of drug-likeness (QED) is 0.433. The summed E-state index contributed by atoms with van der Waals surface area (Å²) in [5.74, 6) is -0.0883. The minimum atomic E-state index is -0.457. The molecule has 0 N–H and O–H groups in total. The van der Waals surface area contributed by atoms with Gasteiger partial charge in [-0.3, -0.25) is 19.8 Å². The van der Waals surface area contributed by atoms with Gasteiger partial charge in [0.1, 0.15) is 0 Å². The van der Waals surface area contributed by atoms with Gasteiger partial charge in [0.15, 0.2) is 0 Å². The highest BCUT2D eigenvalue weighted by Crippen LogP contribution is 2.25. The van der Waals surface area contributed by atoms with Gasteiger partial charge in [0.25, 0.3) is 11.6 Å². The van der Waals surface area contributed by atoms with Crippen molar-refractivity contribution >= 4 is 34.2 Å². The van der Waals surface area contributed by atoms with E-state index in [4.69, 9.17) is 0 Å². The van der Waals surface area contributed by atoms with Gasteiger partial charge in [0, 0.05) is 41.4 Å². The first kappa shape index (κ1) is 14.7. The maximum Gasteiger partial charge on any atom is 0.270 e. The Labute approximate surface area is 136 Å². The first-order valence-corrected chi connectivity index (χ1v) is 8.11. The highest BCUT2D eigenvalue weighted by atomic mass is 127. The molecule has 0 aliphatic carbocycles. The van der Waals surface area contributed by atoms with E-state index in [9.17, 15) is 14.9 Å². The molecule has 1 amide bonds. The molecular weight excluding hydrogens is 385 g/mol. The lowest BCUT2D eigenvalue weighted by Gasteiger charge is -2.37. The highest BCUT2D eigenvalue weighted by Gasteiger charge is 2.33. The number of benzene rings is 1. The van der Waals surface area contributed by atoms with Crippen molar-refractivity contribution in [1.82, 2.24) is 9.80 Å². The fraction of sp³-hybridized carbons (Fsp3) is 0.500. The van der Waals surface area contributed by atoms with Gasteiger partial charge < -0.3 is 4.90 Å². The molecule has 21 heavy (non-hydrogen) atoms. The highest BCUT2D eigenvalue weighted by molar-refractivity contribution is 14.1. The summed E-state index contributed by atoms with van der Waals surface area (Å²) in [4.78, 5) is 27.4. The number of amides is 1. The maximum absolute atomic E-state index is 12.7. The largest absolute Gasteiger partial charge is 0.336 e. The van der Waals surface area contributed by atoms with E-state index in [1.165, 1.54) is 18.6 Å². The Hall–Kier alpha value is -1.22. The van der Waals surface area contributed by atoms with Crippen LogP contribution in [0.4, 0.5) is 5.69 Å². The van der Waals surface area contributed by atoms with Crippen molar-refractivity contribution in [2.45, 2.75) is 18.9 Å². The second-order valence-electron chi connectivity index (χ2n) is 5.50. The van der Waals surface area contributed by atoms with E-state index in [-0.39, 0.29) is 11.6 Å². The molecule has 0 aromatic heterocycles. The van der Waals surface area contributed by atoms with Crippen LogP contribution in [0.3, 0.4) is 0 Å². The summed E-state index contributed by atoms with van der Waals surface area (Å²) < 4.78 is 0.761. The van der Waals surface area contributed by atoms with Crippen molar-refractivity contribution in [3.63, 3.8) is 0 Å². The lowest BCUT2D eigenvalue weighted by molar-refractivity contribution is -0.384. The van der Waals surface area contributed by atoms with Gasteiger partial charge in [-0.25, -0.2) is 0 Å². The summed E-state index contributed by atoms with van der Waals surface area (Å²) in [6, 6.07) is 4.93. The molecule has 0 bridgehead atoms. The van der Waals surface area contributed by atoms with Crippen molar-refractivity contribution in [3.8, 4) is 0 Å². The minimum Gasteiger partial charge on any atom is -0.336 e. The van der Waals surface area contributed by atoms with Gasteiger partial charge in [-0.15, -0.1) is 0 Å². The van der Waals surface area contributed by atoms with E-state index in [2.05, 4.69) is 27.5 Å². The van der Waals surface area contributed by atoms with E-state index in [0.29, 0.717) is 18.2 Å². The number of hydrogen-bond donors (Lipinski definition) is 0. The number of carbonyl (C=O) groups excluding carboxylic acids is 1. The number of nitro groups is 1. The molecule has 1 aromatic rings. The molecule has 2 aliphatic rings. The average Bonchev–Trinajstić information content (AvgIpc) is 2.94. The number of carbonyl (C=O) groups is 1. The smallest absolute Gasteiger partial charge is 0.270 e. The van der Waals surface area contributed by atoms with E-state index in [1.54, 1.807) is 6.07 Å². The van der Waals surface area contributed by atoms with Crippen LogP contribution in [-0.4, -0.2) is 52.9 Å². The number of rotatable bonds is 2. The van der Waals surface area contributed by atoms with Crippen LogP contribution >= 0.6 is 22.6 Å². The van der Waals surface area contributed by atoms with Gasteiger partial charge in [-0.2, -0.15) is 0 Å². The summed E-state index contributed by atoms with van der Waals surface area (Å²) in [7, 11) is 0. The van der Waals surface area contributed by atoms with Crippen LogP contribution in [-0.2, 0) is 0 Å². The van der Waals surface area contributed by atoms with E-state index in [0.717, 1.165) is 29.6 Å². The Bertz CT molecular complexity index is 593. The van der Waals surface area contributed by atoms with Crippen LogP contribution in [0.25, 0.3) is 0 Å². The fourth-order valence-electron chi connectivity index (χ4n) is 3.14.